The van der Waals surface area contributed by atoms with Gasteiger partial charge in [-0.25, -0.2) is 0 Å². The van der Waals surface area contributed by atoms with E-state index >= 15 is 0 Å². The molecule has 0 amide bonds. The molecule has 1 unspecified atom stereocenters. The van der Waals surface area contributed by atoms with Gasteiger partial charge in [0.1, 0.15) is 6.61 Å². The molecule has 5 nitrogen and oxygen atoms in total. The van der Waals surface area contributed by atoms with Gasteiger partial charge >= 0.3 is 11.9 Å². The van der Waals surface area contributed by atoms with Gasteiger partial charge in [0, 0.05) is 19.4 Å². The predicted molar refractivity (Wildman–Crippen MR) is 261 cm³/mol. The molecule has 0 bridgehead atoms. The Morgan fingerprint density at radius 2 is 0.783 bits per heavy atom. The number of carbonyl (C=O) groups excluding carboxylic acids is 2. The third-order valence-corrected chi connectivity index (χ3v) is 11.0. The Balaban J connectivity index is 4.27. The summed E-state index contributed by atoms with van der Waals surface area (Å²) in [5.74, 6) is -0.429. The summed E-state index contributed by atoms with van der Waals surface area (Å²) in [6.07, 6.45) is 63.7. The highest BCUT2D eigenvalue weighted by Crippen LogP contribution is 2.15. The molecule has 0 saturated heterocycles. The van der Waals surface area contributed by atoms with Gasteiger partial charge in [-0.15, -0.1) is 0 Å². The molecule has 0 aromatic rings. The normalized spacial score (nSPS) is 12.7. The summed E-state index contributed by atoms with van der Waals surface area (Å²) in [6, 6.07) is 0. The lowest BCUT2D eigenvalue weighted by atomic mass is 10.0. The van der Waals surface area contributed by atoms with E-state index in [0.29, 0.717) is 19.4 Å². The number of esters is 2. The highest BCUT2D eigenvalue weighted by molar-refractivity contribution is 5.70. The van der Waals surface area contributed by atoms with E-state index in [1.807, 2.05) is 0 Å². The van der Waals surface area contributed by atoms with Crippen molar-refractivity contribution in [3.63, 3.8) is 0 Å². The summed E-state index contributed by atoms with van der Waals surface area (Å²) in [5.41, 5.74) is 0. The van der Waals surface area contributed by atoms with Crippen molar-refractivity contribution >= 4 is 11.9 Å². The summed E-state index contributed by atoms with van der Waals surface area (Å²) in [4.78, 5) is 25.4. The fourth-order valence-corrected chi connectivity index (χ4v) is 7.21. The number of carbonyl (C=O) groups is 2. The first-order valence-corrected chi connectivity index (χ1v) is 25.8. The zero-order valence-corrected chi connectivity index (χ0v) is 40.0. The van der Waals surface area contributed by atoms with Crippen molar-refractivity contribution in [3.05, 3.63) is 60.8 Å². The quantitative estimate of drug-likeness (QED) is 0.0347. The van der Waals surface area contributed by atoms with Crippen LogP contribution >= 0.6 is 0 Å². The highest BCUT2D eigenvalue weighted by atomic mass is 16.6. The molecule has 0 aromatic heterocycles. The number of unbranched alkanes of at least 4 members (excludes halogenated alkanes) is 26. The van der Waals surface area contributed by atoms with Crippen molar-refractivity contribution in [2.24, 2.45) is 0 Å². The van der Waals surface area contributed by atoms with Crippen LogP contribution in [0, 0.1) is 0 Å². The van der Waals surface area contributed by atoms with E-state index in [2.05, 4.69) is 81.5 Å². The highest BCUT2D eigenvalue weighted by Gasteiger charge is 2.17. The number of rotatable bonds is 47. The van der Waals surface area contributed by atoms with Crippen molar-refractivity contribution in [2.75, 3.05) is 19.8 Å². The Kier molecular flexibility index (Phi) is 48.9. The van der Waals surface area contributed by atoms with E-state index in [9.17, 15) is 9.59 Å². The van der Waals surface area contributed by atoms with Gasteiger partial charge in [0.25, 0.3) is 0 Å². The minimum atomic E-state index is -0.555. The third kappa shape index (κ3) is 48.3. The van der Waals surface area contributed by atoms with Gasteiger partial charge in [-0.05, 0) is 77.0 Å². The van der Waals surface area contributed by atoms with Gasteiger partial charge in [0.15, 0.2) is 6.10 Å². The Morgan fingerprint density at radius 3 is 1.28 bits per heavy atom. The van der Waals surface area contributed by atoms with E-state index in [4.69, 9.17) is 14.2 Å². The Hall–Kier alpha value is -2.40. The topological polar surface area (TPSA) is 61.8 Å². The van der Waals surface area contributed by atoms with Crippen molar-refractivity contribution in [2.45, 2.75) is 258 Å². The van der Waals surface area contributed by atoms with Gasteiger partial charge in [-0.2, -0.15) is 0 Å². The van der Waals surface area contributed by atoms with Crippen LogP contribution in [0.5, 0.6) is 0 Å². The molecule has 348 valence electrons. The van der Waals surface area contributed by atoms with Crippen molar-refractivity contribution in [1.29, 1.82) is 0 Å². The SMILES string of the molecule is CC/C=C\C/C=C\C/C=C\CCCCCC(=O)OC(COCCCCCCCC/C=C\C/C=C\CCC)COC(=O)CCCCCCCCCCCCCCCCCCC. The van der Waals surface area contributed by atoms with Crippen molar-refractivity contribution < 1.29 is 23.8 Å². The van der Waals surface area contributed by atoms with Gasteiger partial charge in [0.05, 0.1) is 6.61 Å². The Morgan fingerprint density at radius 1 is 0.383 bits per heavy atom. The summed E-state index contributed by atoms with van der Waals surface area (Å²) in [7, 11) is 0. The molecule has 0 saturated carbocycles. The molecule has 0 heterocycles. The van der Waals surface area contributed by atoms with Crippen molar-refractivity contribution in [3.8, 4) is 0 Å². The summed E-state index contributed by atoms with van der Waals surface area (Å²) in [6.45, 7) is 7.62. The zero-order chi connectivity index (χ0) is 43.5. The van der Waals surface area contributed by atoms with Crippen LogP contribution in [-0.2, 0) is 23.8 Å². The standard InChI is InChI=1S/C55H98O5/c1-4-7-10-13-16-19-22-25-27-28-29-31-33-36-39-42-45-48-54(56)59-52-53(51-58-50-47-44-41-38-35-32-26-23-20-17-14-11-8-5-2)60-55(57)49-46-43-40-37-34-30-24-21-18-15-12-9-6-3/h9,11-12,14,18,20-21,23,30,34,53H,4-8,10,13,15-17,19,22,24-29,31-33,35-52H2,1-3H3/b12-9-,14-11-,21-18-,23-20-,34-30-. The van der Waals surface area contributed by atoms with Crippen LogP contribution in [-0.4, -0.2) is 37.9 Å². The fourth-order valence-electron chi connectivity index (χ4n) is 7.21. The maximum absolute atomic E-state index is 12.8. The van der Waals surface area contributed by atoms with E-state index < -0.39 is 6.10 Å². The molecule has 0 aliphatic heterocycles. The second-order valence-electron chi connectivity index (χ2n) is 17.0. The van der Waals surface area contributed by atoms with Crippen LogP contribution in [0.2, 0.25) is 0 Å². The molecule has 0 rings (SSSR count). The van der Waals surface area contributed by atoms with Crippen LogP contribution in [0.3, 0.4) is 0 Å². The van der Waals surface area contributed by atoms with E-state index in [0.717, 1.165) is 77.0 Å². The molecule has 0 spiro atoms. The van der Waals surface area contributed by atoms with E-state index in [-0.39, 0.29) is 25.2 Å². The Bertz CT molecular complexity index is 1040. The summed E-state index contributed by atoms with van der Waals surface area (Å²) >= 11 is 0. The molecule has 1 atom stereocenters. The van der Waals surface area contributed by atoms with Crippen LogP contribution in [0.25, 0.3) is 0 Å². The smallest absolute Gasteiger partial charge is 0.306 e. The maximum atomic E-state index is 12.8. The second-order valence-corrected chi connectivity index (χ2v) is 17.0. The molecule has 0 aromatic carbocycles. The molecule has 0 aliphatic carbocycles. The molecule has 0 N–H and O–H groups in total. The van der Waals surface area contributed by atoms with E-state index in [1.165, 1.54) is 141 Å². The fraction of sp³-hybridized carbons (Fsp3) is 0.782. The summed E-state index contributed by atoms with van der Waals surface area (Å²) in [5, 5.41) is 0. The lowest BCUT2D eigenvalue weighted by molar-refractivity contribution is -0.163. The maximum Gasteiger partial charge on any atom is 0.306 e. The first-order chi connectivity index (χ1) is 29.6. The van der Waals surface area contributed by atoms with Crippen molar-refractivity contribution in [1.82, 2.24) is 0 Å². The first kappa shape index (κ1) is 57.6. The monoisotopic (exact) mass is 839 g/mol. The third-order valence-electron chi connectivity index (χ3n) is 11.0. The largest absolute Gasteiger partial charge is 0.462 e. The average molecular weight is 839 g/mol. The van der Waals surface area contributed by atoms with Crippen LogP contribution in [0.1, 0.15) is 252 Å². The van der Waals surface area contributed by atoms with Gasteiger partial charge in [-0.3, -0.25) is 9.59 Å². The van der Waals surface area contributed by atoms with Gasteiger partial charge < -0.3 is 14.2 Å². The average Bonchev–Trinajstić information content (AvgIpc) is 3.25. The summed E-state index contributed by atoms with van der Waals surface area (Å²) < 4.78 is 17.4. The molecular formula is C55H98O5. The molecule has 60 heavy (non-hydrogen) atoms. The van der Waals surface area contributed by atoms with Gasteiger partial charge in [-0.1, -0.05) is 223 Å². The van der Waals surface area contributed by atoms with Crippen LogP contribution < -0.4 is 0 Å². The number of ether oxygens (including phenoxy) is 3. The first-order valence-electron chi connectivity index (χ1n) is 25.8. The molecule has 0 fully saturated rings. The predicted octanol–water partition coefficient (Wildman–Crippen LogP) is 17.3. The lowest BCUT2D eigenvalue weighted by Crippen LogP contribution is -2.30. The van der Waals surface area contributed by atoms with E-state index in [1.54, 1.807) is 0 Å². The van der Waals surface area contributed by atoms with Crippen LogP contribution in [0.4, 0.5) is 0 Å². The molecule has 5 heteroatoms. The van der Waals surface area contributed by atoms with Gasteiger partial charge in [0.2, 0.25) is 0 Å². The number of hydrogen-bond donors (Lipinski definition) is 0. The minimum absolute atomic E-state index is 0.0706. The lowest BCUT2D eigenvalue weighted by Gasteiger charge is -2.18. The molecule has 0 radical (unpaired) electrons. The zero-order valence-electron chi connectivity index (χ0n) is 40.0. The molecular weight excluding hydrogens is 741 g/mol. The molecule has 0 aliphatic rings. The Labute approximate surface area is 373 Å². The van der Waals surface area contributed by atoms with Crippen LogP contribution in [0.15, 0.2) is 60.8 Å². The minimum Gasteiger partial charge on any atom is -0.462 e. The second kappa shape index (κ2) is 51.0. The number of allylic oxidation sites excluding steroid dienone is 10. The number of hydrogen-bond acceptors (Lipinski definition) is 5.